The van der Waals surface area contributed by atoms with Gasteiger partial charge in [-0.3, -0.25) is 0 Å². The SMILES string of the molecule is COC(=O)c1cc(NC(=S)N[C@H](c2ccccc2)c2ccc(C)cc2)ccc1Cl. The third-order valence-electron chi connectivity index (χ3n) is 4.45. The van der Waals surface area contributed by atoms with Crippen LogP contribution in [-0.4, -0.2) is 18.2 Å². The lowest BCUT2D eigenvalue weighted by Crippen LogP contribution is -2.33. The number of carbonyl (C=O) groups excluding carboxylic acids is 1. The predicted molar refractivity (Wildman–Crippen MR) is 122 cm³/mol. The summed E-state index contributed by atoms with van der Waals surface area (Å²) < 4.78 is 4.77. The molecule has 0 bridgehead atoms. The van der Waals surface area contributed by atoms with Gasteiger partial charge in [-0.1, -0.05) is 71.8 Å². The fraction of sp³-hybridized carbons (Fsp3) is 0.130. The Morgan fingerprint density at radius 2 is 1.66 bits per heavy atom. The molecule has 0 amide bonds. The van der Waals surface area contributed by atoms with Crippen molar-refractivity contribution in [1.29, 1.82) is 0 Å². The Hall–Kier alpha value is -2.89. The van der Waals surface area contributed by atoms with E-state index in [-0.39, 0.29) is 11.6 Å². The van der Waals surface area contributed by atoms with Gasteiger partial charge in [0.2, 0.25) is 0 Å². The van der Waals surface area contributed by atoms with E-state index in [4.69, 9.17) is 28.6 Å². The van der Waals surface area contributed by atoms with Crippen LogP contribution in [0.15, 0.2) is 72.8 Å². The van der Waals surface area contributed by atoms with Crippen LogP contribution in [-0.2, 0) is 4.74 Å². The summed E-state index contributed by atoms with van der Waals surface area (Å²) >= 11 is 11.6. The van der Waals surface area contributed by atoms with E-state index in [1.807, 2.05) is 18.2 Å². The second-order valence-corrected chi connectivity index (χ2v) is 7.35. The van der Waals surface area contributed by atoms with Gasteiger partial charge < -0.3 is 15.4 Å². The second-order valence-electron chi connectivity index (χ2n) is 6.54. The van der Waals surface area contributed by atoms with Gasteiger partial charge in [-0.05, 0) is 48.5 Å². The monoisotopic (exact) mass is 424 g/mol. The number of aryl methyl sites for hydroxylation is 1. The average Bonchev–Trinajstić information content (AvgIpc) is 2.74. The second kappa shape index (κ2) is 9.54. The van der Waals surface area contributed by atoms with Gasteiger partial charge in [0.1, 0.15) is 0 Å². The summed E-state index contributed by atoms with van der Waals surface area (Å²) in [5.41, 5.74) is 4.30. The van der Waals surface area contributed by atoms with Gasteiger partial charge >= 0.3 is 5.97 Å². The fourth-order valence-electron chi connectivity index (χ4n) is 2.93. The number of nitrogens with one attached hydrogen (secondary N) is 2. The number of halogens is 1. The van der Waals surface area contributed by atoms with Crippen LogP contribution in [0, 0.1) is 6.92 Å². The molecule has 2 N–H and O–H groups in total. The van der Waals surface area contributed by atoms with E-state index in [0.717, 1.165) is 11.1 Å². The zero-order valence-electron chi connectivity index (χ0n) is 16.1. The van der Waals surface area contributed by atoms with Gasteiger partial charge in [0, 0.05) is 5.69 Å². The summed E-state index contributed by atoms with van der Waals surface area (Å²) in [6.45, 7) is 2.06. The Kier molecular flexibility index (Phi) is 6.86. The molecule has 1 atom stereocenters. The molecular weight excluding hydrogens is 404 g/mol. The normalized spacial score (nSPS) is 11.4. The molecule has 0 unspecified atom stereocenters. The van der Waals surface area contributed by atoms with Crippen LogP contribution in [0.5, 0.6) is 0 Å². The van der Waals surface area contributed by atoms with Crippen LogP contribution in [0.2, 0.25) is 5.02 Å². The minimum Gasteiger partial charge on any atom is -0.465 e. The molecule has 29 heavy (non-hydrogen) atoms. The maximum Gasteiger partial charge on any atom is 0.339 e. The Labute approximate surface area is 180 Å². The number of benzene rings is 3. The van der Waals surface area contributed by atoms with Gasteiger partial charge in [0.15, 0.2) is 5.11 Å². The van der Waals surface area contributed by atoms with Crippen molar-refractivity contribution in [1.82, 2.24) is 5.32 Å². The minimum atomic E-state index is -0.501. The molecule has 3 aromatic rings. The summed E-state index contributed by atoms with van der Waals surface area (Å²) in [4.78, 5) is 11.9. The number of anilines is 1. The predicted octanol–water partition coefficient (Wildman–Crippen LogP) is 5.51. The van der Waals surface area contributed by atoms with Crippen LogP contribution in [0.25, 0.3) is 0 Å². The van der Waals surface area contributed by atoms with Crippen LogP contribution in [0.4, 0.5) is 5.69 Å². The molecule has 6 heteroatoms. The molecule has 3 rings (SSSR count). The highest BCUT2D eigenvalue weighted by atomic mass is 35.5. The number of esters is 1. The highest BCUT2D eigenvalue weighted by Gasteiger charge is 2.16. The molecular formula is C23H21ClN2O2S. The smallest absolute Gasteiger partial charge is 0.339 e. The largest absolute Gasteiger partial charge is 0.465 e. The molecule has 4 nitrogen and oxygen atoms in total. The van der Waals surface area contributed by atoms with E-state index in [1.54, 1.807) is 18.2 Å². The summed E-state index contributed by atoms with van der Waals surface area (Å²) in [7, 11) is 1.32. The highest BCUT2D eigenvalue weighted by Crippen LogP contribution is 2.24. The van der Waals surface area contributed by atoms with Crippen LogP contribution < -0.4 is 10.6 Å². The summed E-state index contributed by atoms with van der Waals surface area (Å²) in [6.07, 6.45) is 0. The van der Waals surface area contributed by atoms with Crippen molar-refractivity contribution in [3.8, 4) is 0 Å². The van der Waals surface area contributed by atoms with E-state index in [9.17, 15) is 4.79 Å². The van der Waals surface area contributed by atoms with Crippen molar-refractivity contribution >= 4 is 40.6 Å². The van der Waals surface area contributed by atoms with Gasteiger partial charge in [-0.2, -0.15) is 0 Å². The molecule has 0 aromatic heterocycles. The molecule has 0 spiro atoms. The number of rotatable bonds is 5. The maximum absolute atomic E-state index is 11.9. The highest BCUT2D eigenvalue weighted by molar-refractivity contribution is 7.80. The van der Waals surface area contributed by atoms with Crippen LogP contribution in [0.3, 0.4) is 0 Å². The van der Waals surface area contributed by atoms with Crippen molar-refractivity contribution in [3.63, 3.8) is 0 Å². The zero-order valence-corrected chi connectivity index (χ0v) is 17.7. The van der Waals surface area contributed by atoms with Crippen molar-refractivity contribution in [2.45, 2.75) is 13.0 Å². The van der Waals surface area contributed by atoms with E-state index in [0.29, 0.717) is 15.8 Å². The van der Waals surface area contributed by atoms with Gasteiger partial charge in [0.05, 0.1) is 23.7 Å². The third kappa shape index (κ3) is 5.34. The number of ether oxygens (including phenoxy) is 1. The van der Waals surface area contributed by atoms with Gasteiger partial charge in [-0.25, -0.2) is 4.79 Å². The quantitative estimate of drug-likeness (QED) is 0.417. The molecule has 0 aliphatic rings. The van der Waals surface area contributed by atoms with Gasteiger partial charge in [-0.15, -0.1) is 0 Å². The number of methoxy groups -OCH3 is 1. The molecule has 148 valence electrons. The Morgan fingerprint density at radius 3 is 2.31 bits per heavy atom. The average molecular weight is 425 g/mol. The van der Waals surface area contributed by atoms with Crippen LogP contribution in [0.1, 0.15) is 33.1 Å². The molecule has 3 aromatic carbocycles. The first-order valence-corrected chi connectivity index (χ1v) is 9.83. The molecule has 0 radical (unpaired) electrons. The van der Waals surface area contributed by atoms with E-state index < -0.39 is 5.97 Å². The standard InChI is InChI=1S/C23H21ClN2O2S/c1-15-8-10-17(11-9-15)21(16-6-4-3-5-7-16)26-23(29)25-18-12-13-20(24)19(14-18)22(27)28-2/h3-14,21H,1-2H3,(H2,25,26,29)/t21-/m1/s1. The first-order chi connectivity index (χ1) is 14.0. The Bertz CT molecular complexity index is 1010. The molecule has 0 saturated carbocycles. The topological polar surface area (TPSA) is 50.4 Å². The van der Waals surface area contributed by atoms with Crippen molar-refractivity contribution in [2.75, 3.05) is 12.4 Å². The minimum absolute atomic E-state index is 0.121. The molecule has 0 fully saturated rings. The van der Waals surface area contributed by atoms with Crippen molar-refractivity contribution in [2.24, 2.45) is 0 Å². The van der Waals surface area contributed by atoms with Crippen molar-refractivity contribution < 1.29 is 9.53 Å². The summed E-state index contributed by atoms with van der Waals surface area (Å²) in [6, 6.07) is 23.3. The first-order valence-electron chi connectivity index (χ1n) is 9.05. The summed E-state index contributed by atoms with van der Waals surface area (Å²) in [5, 5.41) is 7.24. The zero-order chi connectivity index (χ0) is 20.8. The number of hydrogen-bond donors (Lipinski definition) is 2. The van der Waals surface area contributed by atoms with Crippen LogP contribution >= 0.6 is 23.8 Å². The van der Waals surface area contributed by atoms with E-state index >= 15 is 0 Å². The number of thiocarbonyl (C=S) groups is 1. The third-order valence-corrected chi connectivity index (χ3v) is 5.00. The lowest BCUT2D eigenvalue weighted by molar-refractivity contribution is 0.0601. The Morgan fingerprint density at radius 1 is 1.00 bits per heavy atom. The van der Waals surface area contributed by atoms with E-state index in [2.05, 4.69) is 54.0 Å². The fourth-order valence-corrected chi connectivity index (χ4v) is 3.36. The first kappa shape index (κ1) is 20.8. The molecule has 0 heterocycles. The number of hydrogen-bond acceptors (Lipinski definition) is 3. The Balaban J connectivity index is 1.82. The summed E-state index contributed by atoms with van der Waals surface area (Å²) in [5.74, 6) is -0.501. The molecule has 0 aliphatic carbocycles. The van der Waals surface area contributed by atoms with Crippen molar-refractivity contribution in [3.05, 3.63) is 100 Å². The molecule has 0 aliphatic heterocycles. The van der Waals surface area contributed by atoms with E-state index in [1.165, 1.54) is 12.7 Å². The number of carbonyl (C=O) groups is 1. The molecule has 0 saturated heterocycles. The van der Waals surface area contributed by atoms with Gasteiger partial charge in [0.25, 0.3) is 0 Å². The lowest BCUT2D eigenvalue weighted by Gasteiger charge is -2.22. The maximum atomic E-state index is 11.9. The lowest BCUT2D eigenvalue weighted by atomic mass is 9.98.